The zero-order valence-electron chi connectivity index (χ0n) is 15.5. The molecule has 0 aliphatic rings. The summed E-state index contributed by atoms with van der Waals surface area (Å²) in [6, 6.07) is 7.54. The standard InChI is InChI=1S/C19H26N2O4/c1-6-23-18(22)17-13-20-21(14(17)2)15-7-9-16(10-8-15)24-11-12-25-19(3,4)5/h7-10,13H,6,11-12H2,1-5H3. The highest BCUT2D eigenvalue weighted by Crippen LogP contribution is 2.19. The lowest BCUT2D eigenvalue weighted by Gasteiger charge is -2.19. The quantitative estimate of drug-likeness (QED) is 0.567. The van der Waals surface area contributed by atoms with Gasteiger partial charge in [0.1, 0.15) is 17.9 Å². The van der Waals surface area contributed by atoms with E-state index in [0.717, 1.165) is 17.1 Å². The number of carbonyl (C=O) groups excluding carboxylic acids is 1. The van der Waals surface area contributed by atoms with Gasteiger partial charge in [0.15, 0.2) is 0 Å². The van der Waals surface area contributed by atoms with Crippen LogP contribution in [0.1, 0.15) is 43.7 Å². The van der Waals surface area contributed by atoms with Gasteiger partial charge >= 0.3 is 5.97 Å². The molecule has 0 aliphatic carbocycles. The first-order valence-electron chi connectivity index (χ1n) is 8.41. The van der Waals surface area contributed by atoms with Crippen LogP contribution >= 0.6 is 0 Å². The van der Waals surface area contributed by atoms with Crippen LogP contribution in [-0.2, 0) is 9.47 Å². The van der Waals surface area contributed by atoms with Crippen LogP contribution in [0.4, 0.5) is 0 Å². The molecular formula is C19H26N2O4. The van der Waals surface area contributed by atoms with Gasteiger partial charge in [0.25, 0.3) is 0 Å². The Hall–Kier alpha value is -2.34. The van der Waals surface area contributed by atoms with E-state index in [1.165, 1.54) is 6.20 Å². The predicted octanol–water partition coefficient (Wildman–Crippen LogP) is 3.55. The van der Waals surface area contributed by atoms with Crippen molar-refractivity contribution in [1.82, 2.24) is 9.78 Å². The van der Waals surface area contributed by atoms with Gasteiger partial charge in [-0.1, -0.05) is 0 Å². The average Bonchev–Trinajstić information content (AvgIpc) is 2.93. The summed E-state index contributed by atoms with van der Waals surface area (Å²) in [5.74, 6) is 0.404. The fourth-order valence-corrected chi connectivity index (χ4v) is 2.27. The second-order valence-electron chi connectivity index (χ2n) is 6.58. The van der Waals surface area contributed by atoms with Crippen molar-refractivity contribution in [3.63, 3.8) is 0 Å². The average molecular weight is 346 g/mol. The molecule has 0 radical (unpaired) electrons. The first kappa shape index (κ1) is 19.0. The van der Waals surface area contributed by atoms with Gasteiger partial charge in [0.2, 0.25) is 0 Å². The summed E-state index contributed by atoms with van der Waals surface area (Å²) in [4.78, 5) is 11.9. The van der Waals surface area contributed by atoms with Crippen molar-refractivity contribution in [3.05, 3.63) is 41.7 Å². The van der Waals surface area contributed by atoms with E-state index in [1.54, 1.807) is 11.6 Å². The van der Waals surface area contributed by atoms with Crippen LogP contribution in [0.25, 0.3) is 5.69 Å². The number of rotatable bonds is 7. The van der Waals surface area contributed by atoms with Crippen LogP contribution in [0.15, 0.2) is 30.5 Å². The van der Waals surface area contributed by atoms with Gasteiger partial charge in [-0.2, -0.15) is 5.10 Å². The first-order valence-corrected chi connectivity index (χ1v) is 8.41. The maximum atomic E-state index is 11.9. The molecule has 0 N–H and O–H groups in total. The molecule has 0 amide bonds. The van der Waals surface area contributed by atoms with E-state index in [0.29, 0.717) is 25.4 Å². The third-order valence-corrected chi connectivity index (χ3v) is 3.47. The Morgan fingerprint density at radius 2 is 1.84 bits per heavy atom. The molecule has 0 saturated heterocycles. The second kappa shape index (κ2) is 8.16. The van der Waals surface area contributed by atoms with Crippen molar-refractivity contribution < 1.29 is 19.0 Å². The zero-order chi connectivity index (χ0) is 18.4. The van der Waals surface area contributed by atoms with E-state index >= 15 is 0 Å². The van der Waals surface area contributed by atoms with Crippen molar-refractivity contribution >= 4 is 5.97 Å². The Morgan fingerprint density at radius 1 is 1.16 bits per heavy atom. The molecule has 136 valence electrons. The maximum Gasteiger partial charge on any atom is 0.341 e. The molecule has 0 spiro atoms. The number of aromatic nitrogens is 2. The minimum atomic E-state index is -0.356. The van der Waals surface area contributed by atoms with Crippen LogP contribution in [-0.4, -0.2) is 41.2 Å². The van der Waals surface area contributed by atoms with E-state index in [-0.39, 0.29) is 11.6 Å². The third kappa shape index (κ3) is 5.32. The SMILES string of the molecule is CCOC(=O)c1cnn(-c2ccc(OCCOC(C)(C)C)cc2)c1C. The van der Waals surface area contributed by atoms with E-state index < -0.39 is 0 Å². The van der Waals surface area contributed by atoms with Gasteiger partial charge in [-0.3, -0.25) is 0 Å². The van der Waals surface area contributed by atoms with Crippen molar-refractivity contribution in [2.24, 2.45) is 0 Å². The van der Waals surface area contributed by atoms with Crippen molar-refractivity contribution in [3.8, 4) is 11.4 Å². The molecule has 1 aromatic heterocycles. The smallest absolute Gasteiger partial charge is 0.341 e. The topological polar surface area (TPSA) is 62.6 Å². The van der Waals surface area contributed by atoms with Gasteiger partial charge in [-0.15, -0.1) is 0 Å². The molecule has 1 heterocycles. The summed E-state index contributed by atoms with van der Waals surface area (Å²) in [6.07, 6.45) is 1.53. The van der Waals surface area contributed by atoms with E-state index in [4.69, 9.17) is 14.2 Å². The molecule has 2 rings (SSSR count). The molecule has 0 aliphatic heterocycles. The Kier molecular flexibility index (Phi) is 6.20. The highest BCUT2D eigenvalue weighted by atomic mass is 16.5. The summed E-state index contributed by atoms with van der Waals surface area (Å²) in [7, 11) is 0. The highest BCUT2D eigenvalue weighted by Gasteiger charge is 2.16. The first-order chi connectivity index (χ1) is 11.8. The van der Waals surface area contributed by atoms with Gasteiger partial charge in [-0.05, 0) is 58.9 Å². The molecule has 0 bridgehead atoms. The van der Waals surface area contributed by atoms with E-state index in [2.05, 4.69) is 5.10 Å². The van der Waals surface area contributed by atoms with Crippen LogP contribution in [0.3, 0.4) is 0 Å². The Labute approximate surface area is 148 Å². The molecule has 0 unspecified atom stereocenters. The summed E-state index contributed by atoms with van der Waals surface area (Å²) in [6.45, 7) is 11.0. The molecule has 25 heavy (non-hydrogen) atoms. The molecule has 2 aromatic rings. The number of hydrogen-bond acceptors (Lipinski definition) is 5. The Morgan fingerprint density at radius 3 is 2.44 bits per heavy atom. The van der Waals surface area contributed by atoms with Crippen LogP contribution in [0, 0.1) is 6.92 Å². The Balaban J connectivity index is 1.99. The van der Waals surface area contributed by atoms with Gasteiger partial charge < -0.3 is 14.2 Å². The summed E-state index contributed by atoms with van der Waals surface area (Å²) in [5.41, 5.74) is 1.90. The lowest BCUT2D eigenvalue weighted by atomic mass is 10.2. The van der Waals surface area contributed by atoms with Crippen LogP contribution < -0.4 is 4.74 Å². The van der Waals surface area contributed by atoms with Crippen LogP contribution in [0.2, 0.25) is 0 Å². The largest absolute Gasteiger partial charge is 0.491 e. The van der Waals surface area contributed by atoms with Gasteiger partial charge in [0.05, 0.1) is 36.4 Å². The molecule has 6 nitrogen and oxygen atoms in total. The van der Waals surface area contributed by atoms with Gasteiger partial charge in [-0.25, -0.2) is 9.48 Å². The summed E-state index contributed by atoms with van der Waals surface area (Å²) in [5, 5.41) is 4.28. The third-order valence-electron chi connectivity index (χ3n) is 3.47. The molecule has 1 aromatic carbocycles. The fraction of sp³-hybridized carbons (Fsp3) is 0.474. The number of ether oxygens (including phenoxy) is 3. The number of benzene rings is 1. The zero-order valence-corrected chi connectivity index (χ0v) is 15.5. The summed E-state index contributed by atoms with van der Waals surface area (Å²) >= 11 is 0. The maximum absolute atomic E-state index is 11.9. The van der Waals surface area contributed by atoms with Crippen molar-refractivity contribution in [2.75, 3.05) is 19.8 Å². The van der Waals surface area contributed by atoms with Gasteiger partial charge in [0, 0.05) is 0 Å². The molecular weight excluding hydrogens is 320 g/mol. The fourth-order valence-electron chi connectivity index (χ4n) is 2.27. The van der Waals surface area contributed by atoms with Crippen LogP contribution in [0.5, 0.6) is 5.75 Å². The Bertz CT molecular complexity index is 699. The van der Waals surface area contributed by atoms with E-state index in [9.17, 15) is 4.79 Å². The van der Waals surface area contributed by atoms with Crippen molar-refractivity contribution in [2.45, 2.75) is 40.2 Å². The molecule has 0 fully saturated rings. The molecule has 6 heteroatoms. The number of hydrogen-bond donors (Lipinski definition) is 0. The van der Waals surface area contributed by atoms with E-state index in [1.807, 2.05) is 52.0 Å². The number of nitrogens with zero attached hydrogens (tertiary/aromatic N) is 2. The predicted molar refractivity (Wildman–Crippen MR) is 95.5 cm³/mol. The molecule has 0 atom stereocenters. The number of esters is 1. The minimum Gasteiger partial charge on any atom is -0.491 e. The van der Waals surface area contributed by atoms with Crippen molar-refractivity contribution in [1.29, 1.82) is 0 Å². The second-order valence-corrected chi connectivity index (χ2v) is 6.58. The lowest BCUT2D eigenvalue weighted by molar-refractivity contribution is -0.0163. The minimum absolute atomic E-state index is 0.165. The lowest BCUT2D eigenvalue weighted by Crippen LogP contribution is -2.22. The number of carbonyl (C=O) groups is 1. The normalized spacial score (nSPS) is 11.4. The summed E-state index contributed by atoms with van der Waals surface area (Å²) < 4.78 is 18.0. The monoisotopic (exact) mass is 346 g/mol. The molecule has 0 saturated carbocycles. The highest BCUT2D eigenvalue weighted by molar-refractivity contribution is 5.90.